The van der Waals surface area contributed by atoms with E-state index in [9.17, 15) is 13.2 Å². The van der Waals surface area contributed by atoms with Gasteiger partial charge in [0.2, 0.25) is 0 Å². The van der Waals surface area contributed by atoms with Gasteiger partial charge in [-0.3, -0.25) is 0 Å². The molecule has 0 aliphatic heterocycles. The number of alkyl halides is 3. The van der Waals surface area contributed by atoms with Crippen molar-refractivity contribution >= 4 is 15.9 Å². The zero-order chi connectivity index (χ0) is 15.2. The Morgan fingerprint density at radius 2 is 2.00 bits per heavy atom. The lowest BCUT2D eigenvalue weighted by Crippen LogP contribution is -2.23. The van der Waals surface area contributed by atoms with Gasteiger partial charge < -0.3 is 5.32 Å². The van der Waals surface area contributed by atoms with Crippen LogP contribution in [0.15, 0.2) is 22.7 Å². The number of rotatable bonds is 7. The van der Waals surface area contributed by atoms with Crippen molar-refractivity contribution in [3.63, 3.8) is 0 Å². The lowest BCUT2D eigenvalue weighted by molar-refractivity contribution is -0.135. The zero-order valence-electron chi connectivity index (χ0n) is 11.9. The molecular weight excluding hydrogens is 331 g/mol. The highest BCUT2D eigenvalue weighted by atomic mass is 79.9. The molecule has 5 heteroatoms. The summed E-state index contributed by atoms with van der Waals surface area (Å²) in [5.74, 6) is 0. The van der Waals surface area contributed by atoms with Gasteiger partial charge in [-0.15, -0.1) is 0 Å². The van der Waals surface area contributed by atoms with E-state index in [0.29, 0.717) is 6.42 Å². The minimum atomic E-state index is -4.07. The Morgan fingerprint density at radius 1 is 1.30 bits per heavy atom. The van der Waals surface area contributed by atoms with Crippen molar-refractivity contribution < 1.29 is 13.2 Å². The van der Waals surface area contributed by atoms with Gasteiger partial charge in [-0.25, -0.2) is 0 Å². The summed E-state index contributed by atoms with van der Waals surface area (Å²) in [7, 11) is 0. The minimum absolute atomic E-state index is 0.0187. The molecule has 1 aromatic carbocycles. The average molecular weight is 352 g/mol. The van der Waals surface area contributed by atoms with E-state index in [1.807, 2.05) is 32.0 Å². The van der Waals surface area contributed by atoms with E-state index < -0.39 is 12.6 Å². The molecule has 1 nitrogen and oxygen atoms in total. The van der Waals surface area contributed by atoms with E-state index in [0.717, 1.165) is 28.6 Å². The van der Waals surface area contributed by atoms with Gasteiger partial charge >= 0.3 is 6.18 Å². The largest absolute Gasteiger partial charge is 0.389 e. The zero-order valence-corrected chi connectivity index (χ0v) is 13.4. The standard InChI is InChI=1S/C15H21BrF3N/c1-3-10-20-14(8-5-9-15(17,18)19)12-6-4-7-13(16)11(12)2/h4,6-7,14,20H,3,5,8-10H2,1-2H3. The van der Waals surface area contributed by atoms with Crippen molar-refractivity contribution in [2.75, 3.05) is 6.54 Å². The van der Waals surface area contributed by atoms with Gasteiger partial charge in [0, 0.05) is 16.9 Å². The SMILES string of the molecule is CCCNC(CCCC(F)(F)F)c1cccc(Br)c1C. The summed E-state index contributed by atoms with van der Waals surface area (Å²) < 4.78 is 37.8. The molecule has 0 amide bonds. The summed E-state index contributed by atoms with van der Waals surface area (Å²) in [6.45, 7) is 4.85. The van der Waals surface area contributed by atoms with E-state index in [-0.39, 0.29) is 12.5 Å². The molecule has 0 aliphatic carbocycles. The maximum atomic E-state index is 12.3. The molecule has 1 atom stereocenters. The Hall–Kier alpha value is -0.550. The molecular formula is C15H21BrF3N. The predicted octanol–water partition coefficient (Wildman–Crippen LogP) is 5.53. The highest BCUT2D eigenvalue weighted by Crippen LogP contribution is 2.30. The molecule has 1 N–H and O–H groups in total. The van der Waals surface area contributed by atoms with Crippen molar-refractivity contribution in [3.05, 3.63) is 33.8 Å². The topological polar surface area (TPSA) is 12.0 Å². The molecule has 1 aromatic rings. The van der Waals surface area contributed by atoms with Crippen LogP contribution in [0.4, 0.5) is 13.2 Å². The van der Waals surface area contributed by atoms with Crippen LogP contribution in [0.3, 0.4) is 0 Å². The molecule has 1 rings (SSSR count). The second-order valence-corrected chi connectivity index (χ2v) is 5.82. The fourth-order valence-electron chi connectivity index (χ4n) is 2.19. The van der Waals surface area contributed by atoms with Crippen LogP contribution in [0.5, 0.6) is 0 Å². The lowest BCUT2D eigenvalue weighted by Gasteiger charge is -2.22. The molecule has 0 heterocycles. The Bertz CT molecular complexity index is 418. The third-order valence-corrected chi connectivity index (χ3v) is 4.14. The van der Waals surface area contributed by atoms with Crippen LogP contribution in [-0.2, 0) is 0 Å². The highest BCUT2D eigenvalue weighted by molar-refractivity contribution is 9.10. The molecule has 114 valence electrons. The molecule has 0 radical (unpaired) electrons. The molecule has 1 unspecified atom stereocenters. The van der Waals surface area contributed by atoms with E-state index in [1.54, 1.807) is 0 Å². The van der Waals surface area contributed by atoms with Crippen LogP contribution in [0.25, 0.3) is 0 Å². The second kappa shape index (κ2) is 8.03. The molecule has 0 saturated carbocycles. The first-order chi connectivity index (χ1) is 9.35. The summed E-state index contributed by atoms with van der Waals surface area (Å²) in [6, 6.07) is 5.85. The number of hydrogen-bond donors (Lipinski definition) is 1. The Balaban J connectivity index is 2.75. The van der Waals surface area contributed by atoms with Gasteiger partial charge in [0.15, 0.2) is 0 Å². The quantitative estimate of drug-likeness (QED) is 0.680. The van der Waals surface area contributed by atoms with Crippen molar-refractivity contribution in [1.29, 1.82) is 0 Å². The summed E-state index contributed by atoms with van der Waals surface area (Å²) in [5, 5.41) is 3.35. The van der Waals surface area contributed by atoms with Crippen molar-refractivity contribution in [1.82, 2.24) is 5.32 Å². The summed E-state index contributed by atoms with van der Waals surface area (Å²) >= 11 is 3.47. The molecule has 0 aromatic heterocycles. The van der Waals surface area contributed by atoms with Crippen molar-refractivity contribution in [3.8, 4) is 0 Å². The maximum absolute atomic E-state index is 12.3. The normalized spacial score (nSPS) is 13.5. The summed E-state index contributed by atoms with van der Waals surface area (Å²) in [6.07, 6.45) is -3.18. The number of nitrogens with one attached hydrogen (secondary N) is 1. The third kappa shape index (κ3) is 5.83. The maximum Gasteiger partial charge on any atom is 0.389 e. The summed E-state index contributed by atoms with van der Waals surface area (Å²) in [5.41, 5.74) is 2.17. The van der Waals surface area contributed by atoms with Crippen LogP contribution in [0, 0.1) is 6.92 Å². The number of benzene rings is 1. The average Bonchev–Trinajstić information content (AvgIpc) is 2.36. The minimum Gasteiger partial charge on any atom is -0.310 e. The molecule has 20 heavy (non-hydrogen) atoms. The fourth-order valence-corrected chi connectivity index (χ4v) is 2.58. The monoisotopic (exact) mass is 351 g/mol. The van der Waals surface area contributed by atoms with E-state index in [1.165, 1.54) is 0 Å². The van der Waals surface area contributed by atoms with Crippen molar-refractivity contribution in [2.45, 2.75) is 51.7 Å². The van der Waals surface area contributed by atoms with Crippen LogP contribution in [0.2, 0.25) is 0 Å². The van der Waals surface area contributed by atoms with Crippen LogP contribution >= 0.6 is 15.9 Å². The van der Waals surface area contributed by atoms with Crippen molar-refractivity contribution in [2.24, 2.45) is 0 Å². The molecule has 0 aliphatic rings. The molecule has 0 saturated heterocycles. The number of hydrogen-bond acceptors (Lipinski definition) is 1. The smallest absolute Gasteiger partial charge is 0.310 e. The predicted molar refractivity (Wildman–Crippen MR) is 79.8 cm³/mol. The first-order valence-electron chi connectivity index (χ1n) is 6.90. The van der Waals surface area contributed by atoms with Gasteiger partial charge in [0.05, 0.1) is 0 Å². The first-order valence-corrected chi connectivity index (χ1v) is 7.69. The van der Waals surface area contributed by atoms with Gasteiger partial charge in [0.25, 0.3) is 0 Å². The van der Waals surface area contributed by atoms with Crippen LogP contribution in [-0.4, -0.2) is 12.7 Å². The van der Waals surface area contributed by atoms with E-state index >= 15 is 0 Å². The van der Waals surface area contributed by atoms with Gasteiger partial charge in [-0.05, 0) is 49.9 Å². The van der Waals surface area contributed by atoms with Gasteiger partial charge in [0.1, 0.15) is 0 Å². The Labute approximate surface area is 127 Å². The molecule has 0 spiro atoms. The Kier molecular flexibility index (Phi) is 7.03. The van der Waals surface area contributed by atoms with Gasteiger partial charge in [-0.1, -0.05) is 35.0 Å². The van der Waals surface area contributed by atoms with E-state index in [4.69, 9.17) is 0 Å². The van der Waals surface area contributed by atoms with Crippen LogP contribution in [0.1, 0.15) is 49.8 Å². The molecule has 0 fully saturated rings. The van der Waals surface area contributed by atoms with E-state index in [2.05, 4.69) is 21.2 Å². The molecule has 0 bridgehead atoms. The lowest BCUT2D eigenvalue weighted by atomic mass is 9.96. The van der Waals surface area contributed by atoms with Crippen LogP contribution < -0.4 is 5.32 Å². The fraction of sp³-hybridized carbons (Fsp3) is 0.600. The third-order valence-electron chi connectivity index (χ3n) is 3.28. The highest BCUT2D eigenvalue weighted by Gasteiger charge is 2.27. The number of halogens is 4. The summed E-state index contributed by atoms with van der Waals surface area (Å²) in [4.78, 5) is 0. The second-order valence-electron chi connectivity index (χ2n) is 4.97. The first kappa shape index (κ1) is 17.5. The Morgan fingerprint density at radius 3 is 2.60 bits per heavy atom. The van der Waals surface area contributed by atoms with Gasteiger partial charge in [-0.2, -0.15) is 13.2 Å².